The van der Waals surface area contributed by atoms with Crippen LogP contribution in [-0.2, 0) is 10.2 Å². The zero-order valence-corrected chi connectivity index (χ0v) is 7.03. The molecule has 5 nitrogen and oxygen atoms in total. The number of carboxylic acid groups (broad SMARTS) is 1. The zero-order chi connectivity index (χ0) is 9.47. The molecule has 70 valence electrons. The summed E-state index contributed by atoms with van der Waals surface area (Å²) in [5.74, 6) is -0.328. The molecule has 2 rings (SSSR count). The van der Waals surface area contributed by atoms with Crippen LogP contribution in [0.4, 0.5) is 0 Å². The van der Waals surface area contributed by atoms with E-state index in [1.807, 2.05) is 0 Å². The van der Waals surface area contributed by atoms with Crippen LogP contribution in [0.25, 0.3) is 0 Å². The Morgan fingerprint density at radius 2 is 2.46 bits per heavy atom. The van der Waals surface area contributed by atoms with Crippen LogP contribution in [0, 0.1) is 0 Å². The third-order valence-electron chi connectivity index (χ3n) is 2.58. The third-order valence-corrected chi connectivity index (χ3v) is 2.58. The zero-order valence-electron chi connectivity index (χ0n) is 7.03. The molecular formula is C8H11N3O2. The second-order valence-electron chi connectivity index (χ2n) is 3.49. The molecule has 0 radical (unpaired) electrons. The van der Waals surface area contributed by atoms with E-state index < -0.39 is 11.4 Å². The minimum absolute atomic E-state index is 0.0128. The van der Waals surface area contributed by atoms with Gasteiger partial charge in [0.1, 0.15) is 11.2 Å². The molecule has 0 aliphatic heterocycles. The van der Waals surface area contributed by atoms with Crippen LogP contribution in [0.15, 0.2) is 12.4 Å². The molecule has 0 atom stereocenters. The minimum atomic E-state index is -0.858. The number of nitrogens with two attached hydrogens (primary N) is 1. The molecule has 1 aliphatic rings. The summed E-state index contributed by atoms with van der Waals surface area (Å²) < 4.78 is 0. The molecule has 0 saturated heterocycles. The monoisotopic (exact) mass is 181 g/mol. The van der Waals surface area contributed by atoms with Gasteiger partial charge in [-0.05, 0) is 12.8 Å². The van der Waals surface area contributed by atoms with Gasteiger partial charge in [-0.2, -0.15) is 0 Å². The van der Waals surface area contributed by atoms with Gasteiger partial charge >= 0.3 is 5.97 Å². The summed E-state index contributed by atoms with van der Waals surface area (Å²) in [4.78, 5) is 17.8. The molecule has 1 saturated carbocycles. The highest BCUT2D eigenvalue weighted by Crippen LogP contribution is 2.41. The van der Waals surface area contributed by atoms with Gasteiger partial charge in [-0.1, -0.05) is 0 Å². The highest BCUT2D eigenvalue weighted by molar-refractivity contribution is 5.81. The second-order valence-corrected chi connectivity index (χ2v) is 3.49. The average molecular weight is 181 g/mol. The van der Waals surface area contributed by atoms with Gasteiger partial charge in [-0.3, -0.25) is 4.79 Å². The Morgan fingerprint density at radius 3 is 2.85 bits per heavy atom. The van der Waals surface area contributed by atoms with Crippen molar-refractivity contribution in [1.29, 1.82) is 0 Å². The van der Waals surface area contributed by atoms with Crippen molar-refractivity contribution in [3.8, 4) is 0 Å². The van der Waals surface area contributed by atoms with Gasteiger partial charge in [0.15, 0.2) is 0 Å². The number of nitrogens with zero attached hydrogens (tertiary/aromatic N) is 1. The first-order chi connectivity index (χ1) is 6.15. The molecule has 0 unspecified atom stereocenters. The van der Waals surface area contributed by atoms with E-state index in [4.69, 9.17) is 10.8 Å². The van der Waals surface area contributed by atoms with Crippen LogP contribution in [0.3, 0.4) is 0 Å². The van der Waals surface area contributed by atoms with Crippen LogP contribution >= 0.6 is 0 Å². The SMILES string of the molecule is NC1CC(C(=O)O)(c2ncc[nH]2)C1. The summed E-state index contributed by atoms with van der Waals surface area (Å²) in [7, 11) is 0. The van der Waals surface area contributed by atoms with Crippen molar-refractivity contribution >= 4 is 5.97 Å². The van der Waals surface area contributed by atoms with E-state index in [2.05, 4.69) is 9.97 Å². The molecule has 1 aliphatic carbocycles. The molecule has 0 aromatic carbocycles. The number of rotatable bonds is 2. The number of aromatic nitrogens is 2. The van der Waals surface area contributed by atoms with E-state index >= 15 is 0 Å². The minimum Gasteiger partial charge on any atom is -0.480 e. The van der Waals surface area contributed by atoms with Gasteiger partial charge in [0.2, 0.25) is 0 Å². The topological polar surface area (TPSA) is 92.0 Å². The van der Waals surface area contributed by atoms with Crippen molar-refractivity contribution in [3.63, 3.8) is 0 Å². The number of imidazole rings is 1. The molecule has 4 N–H and O–H groups in total. The summed E-state index contributed by atoms with van der Waals surface area (Å²) in [6, 6.07) is -0.0128. The molecule has 0 spiro atoms. The Morgan fingerprint density at radius 1 is 1.77 bits per heavy atom. The summed E-state index contributed by atoms with van der Waals surface area (Å²) in [5.41, 5.74) is 4.73. The number of H-pyrrole nitrogens is 1. The van der Waals surface area contributed by atoms with Gasteiger partial charge < -0.3 is 15.8 Å². The summed E-state index contributed by atoms with van der Waals surface area (Å²) in [6.07, 6.45) is 4.12. The normalized spacial score (nSPS) is 32.5. The first-order valence-corrected chi connectivity index (χ1v) is 4.14. The number of aromatic amines is 1. The summed E-state index contributed by atoms with van der Waals surface area (Å²) >= 11 is 0. The molecule has 1 aromatic rings. The van der Waals surface area contributed by atoms with E-state index in [1.165, 1.54) is 0 Å². The molecule has 5 heteroatoms. The molecule has 13 heavy (non-hydrogen) atoms. The Kier molecular flexibility index (Phi) is 1.63. The maximum Gasteiger partial charge on any atom is 0.317 e. The van der Waals surface area contributed by atoms with E-state index in [0.717, 1.165) is 0 Å². The first-order valence-electron chi connectivity index (χ1n) is 4.14. The van der Waals surface area contributed by atoms with Crippen LogP contribution in [0.5, 0.6) is 0 Å². The molecule has 1 heterocycles. The van der Waals surface area contributed by atoms with E-state index in [0.29, 0.717) is 18.7 Å². The number of nitrogens with one attached hydrogen (secondary N) is 1. The van der Waals surface area contributed by atoms with Gasteiger partial charge in [0, 0.05) is 18.4 Å². The van der Waals surface area contributed by atoms with Gasteiger partial charge in [-0.25, -0.2) is 4.98 Å². The fourth-order valence-corrected chi connectivity index (χ4v) is 1.83. The lowest BCUT2D eigenvalue weighted by atomic mass is 9.65. The number of hydrogen-bond acceptors (Lipinski definition) is 3. The predicted octanol–water partition coefficient (Wildman–Crippen LogP) is -0.147. The highest BCUT2D eigenvalue weighted by atomic mass is 16.4. The summed E-state index contributed by atoms with van der Waals surface area (Å²) in [6.45, 7) is 0. The van der Waals surface area contributed by atoms with Crippen molar-refractivity contribution in [2.45, 2.75) is 24.3 Å². The molecule has 0 bridgehead atoms. The van der Waals surface area contributed by atoms with E-state index in [9.17, 15) is 4.79 Å². The van der Waals surface area contributed by atoms with Crippen molar-refractivity contribution in [2.24, 2.45) is 5.73 Å². The number of hydrogen-bond donors (Lipinski definition) is 3. The van der Waals surface area contributed by atoms with Crippen molar-refractivity contribution in [3.05, 3.63) is 18.2 Å². The number of aliphatic carboxylic acids is 1. The van der Waals surface area contributed by atoms with Gasteiger partial charge in [-0.15, -0.1) is 0 Å². The fraction of sp³-hybridized carbons (Fsp3) is 0.500. The standard InChI is InChI=1S/C8H11N3O2/c9-5-3-8(4-5,7(12)13)6-10-1-2-11-6/h1-2,5H,3-4,9H2,(H,10,11)(H,12,13). The van der Waals surface area contributed by atoms with E-state index in [1.54, 1.807) is 12.4 Å². The Bertz CT molecular complexity index is 314. The second kappa shape index (κ2) is 2.56. The Balaban J connectivity index is 2.31. The van der Waals surface area contributed by atoms with Crippen LogP contribution < -0.4 is 5.73 Å². The Hall–Kier alpha value is -1.36. The lowest BCUT2D eigenvalue weighted by Crippen LogP contribution is -2.54. The van der Waals surface area contributed by atoms with Gasteiger partial charge in [0.25, 0.3) is 0 Å². The van der Waals surface area contributed by atoms with Crippen molar-refractivity contribution in [1.82, 2.24) is 9.97 Å². The molecule has 0 amide bonds. The molecular weight excluding hydrogens is 170 g/mol. The molecule has 1 aromatic heterocycles. The maximum absolute atomic E-state index is 11.0. The smallest absolute Gasteiger partial charge is 0.317 e. The maximum atomic E-state index is 11.0. The van der Waals surface area contributed by atoms with Crippen LogP contribution in [-0.4, -0.2) is 27.1 Å². The quantitative estimate of drug-likeness (QED) is 0.591. The average Bonchev–Trinajstić information content (AvgIpc) is 2.49. The number of carbonyl (C=O) groups is 1. The lowest BCUT2D eigenvalue weighted by Gasteiger charge is -2.40. The number of carboxylic acids is 1. The van der Waals surface area contributed by atoms with Crippen molar-refractivity contribution < 1.29 is 9.90 Å². The largest absolute Gasteiger partial charge is 0.480 e. The Labute approximate surface area is 75.0 Å². The van der Waals surface area contributed by atoms with Crippen molar-refractivity contribution in [2.75, 3.05) is 0 Å². The lowest BCUT2D eigenvalue weighted by molar-refractivity contribution is -0.148. The third kappa shape index (κ3) is 1.04. The van der Waals surface area contributed by atoms with E-state index in [-0.39, 0.29) is 6.04 Å². The first kappa shape index (κ1) is 8.25. The fourth-order valence-electron chi connectivity index (χ4n) is 1.83. The van der Waals surface area contributed by atoms with Gasteiger partial charge in [0.05, 0.1) is 0 Å². The predicted molar refractivity (Wildman–Crippen MR) is 45.1 cm³/mol. The van der Waals surface area contributed by atoms with Crippen LogP contribution in [0.2, 0.25) is 0 Å². The molecule has 1 fully saturated rings. The summed E-state index contributed by atoms with van der Waals surface area (Å²) in [5, 5.41) is 9.06. The van der Waals surface area contributed by atoms with Crippen LogP contribution in [0.1, 0.15) is 18.7 Å². The highest BCUT2D eigenvalue weighted by Gasteiger charge is 2.52.